The third kappa shape index (κ3) is 5.15. The minimum absolute atomic E-state index is 0.00377. The molecule has 0 spiro atoms. The molecule has 34 heavy (non-hydrogen) atoms. The molecule has 174 valence electrons. The van der Waals surface area contributed by atoms with Crippen molar-refractivity contribution >= 4 is 38.6 Å². The van der Waals surface area contributed by atoms with E-state index in [1.54, 1.807) is 12.1 Å². The number of benzene rings is 3. The van der Waals surface area contributed by atoms with Crippen molar-refractivity contribution in [3.63, 3.8) is 0 Å². The maximum absolute atomic E-state index is 13.8. The number of carbonyl (C=O) groups is 2. The van der Waals surface area contributed by atoms with Gasteiger partial charge in [0.2, 0.25) is 0 Å². The van der Waals surface area contributed by atoms with E-state index >= 15 is 0 Å². The fourth-order valence-corrected chi connectivity index (χ4v) is 3.80. The van der Waals surface area contributed by atoms with E-state index in [1.807, 2.05) is 0 Å². The summed E-state index contributed by atoms with van der Waals surface area (Å²) in [5.74, 6) is -6.33. The van der Waals surface area contributed by atoms with Crippen LogP contribution < -0.4 is 10.1 Å². The van der Waals surface area contributed by atoms with Crippen molar-refractivity contribution in [3.8, 4) is 5.75 Å². The Hall–Kier alpha value is -3.99. The molecule has 1 amide bonds. The Morgan fingerprint density at radius 2 is 1.71 bits per heavy atom. The molecular weight excluding hydrogens is 476 g/mol. The maximum atomic E-state index is 13.8. The summed E-state index contributed by atoms with van der Waals surface area (Å²) in [6, 6.07) is 12.6. The number of anilines is 1. The Bertz CT molecular complexity index is 1380. The smallest absolute Gasteiger partial charge is 0.342 e. The third-order valence-electron chi connectivity index (χ3n) is 4.52. The van der Waals surface area contributed by atoms with E-state index in [9.17, 15) is 27.2 Å². The van der Waals surface area contributed by atoms with Crippen molar-refractivity contribution < 1.29 is 36.6 Å². The van der Waals surface area contributed by atoms with Gasteiger partial charge in [-0.25, -0.2) is 27.3 Å². The van der Waals surface area contributed by atoms with Gasteiger partial charge in [0.05, 0.1) is 4.70 Å². The number of esters is 1. The Morgan fingerprint density at radius 1 is 0.971 bits per heavy atom. The highest BCUT2D eigenvalue weighted by atomic mass is 32.1. The monoisotopic (exact) mass is 490 g/mol. The summed E-state index contributed by atoms with van der Waals surface area (Å²) in [5, 5.41) is 2.17. The number of ether oxygens (including phenoxy) is 2. The number of hydrogen-bond acceptors (Lipinski definition) is 6. The number of halogens is 4. The van der Waals surface area contributed by atoms with Gasteiger partial charge in [0.15, 0.2) is 29.2 Å². The first-order valence-corrected chi connectivity index (χ1v) is 10.5. The molecule has 3 aromatic carbocycles. The molecule has 11 heteroatoms. The lowest BCUT2D eigenvalue weighted by Gasteiger charge is -2.11. The van der Waals surface area contributed by atoms with Gasteiger partial charge < -0.3 is 9.47 Å². The van der Waals surface area contributed by atoms with Gasteiger partial charge in [0, 0.05) is 0 Å². The zero-order valence-electron chi connectivity index (χ0n) is 17.1. The molecule has 0 unspecified atom stereocenters. The Kier molecular flexibility index (Phi) is 6.73. The molecule has 0 bridgehead atoms. The molecule has 1 aromatic heterocycles. The van der Waals surface area contributed by atoms with Gasteiger partial charge >= 0.3 is 5.97 Å². The van der Waals surface area contributed by atoms with E-state index in [-0.39, 0.29) is 33.6 Å². The van der Waals surface area contributed by atoms with E-state index in [4.69, 9.17) is 9.47 Å². The van der Waals surface area contributed by atoms with Crippen LogP contribution in [0.15, 0.2) is 54.6 Å². The molecule has 1 heterocycles. The van der Waals surface area contributed by atoms with Crippen molar-refractivity contribution in [2.75, 3.05) is 11.9 Å². The second-order valence-corrected chi connectivity index (χ2v) is 7.92. The number of hydrogen-bond donors (Lipinski definition) is 1. The normalized spacial score (nSPS) is 10.8. The number of aromatic nitrogens is 1. The Balaban J connectivity index is 1.37. The summed E-state index contributed by atoms with van der Waals surface area (Å²) in [4.78, 5) is 28.3. The first-order valence-electron chi connectivity index (χ1n) is 9.69. The van der Waals surface area contributed by atoms with E-state index in [2.05, 4.69) is 10.3 Å². The van der Waals surface area contributed by atoms with Gasteiger partial charge in [-0.3, -0.25) is 10.1 Å². The van der Waals surface area contributed by atoms with Crippen molar-refractivity contribution in [1.29, 1.82) is 0 Å². The van der Waals surface area contributed by atoms with Crippen LogP contribution in [-0.4, -0.2) is 23.5 Å². The number of amides is 1. The molecule has 4 aromatic rings. The van der Waals surface area contributed by atoms with E-state index in [1.165, 1.54) is 36.4 Å². The summed E-state index contributed by atoms with van der Waals surface area (Å²) in [7, 11) is 0. The highest BCUT2D eigenvalue weighted by Crippen LogP contribution is 2.30. The minimum Gasteiger partial charge on any atom is -0.488 e. The quantitative estimate of drug-likeness (QED) is 0.218. The molecule has 0 saturated heterocycles. The maximum Gasteiger partial charge on any atom is 0.342 e. The average Bonchev–Trinajstić information content (AvgIpc) is 3.23. The predicted molar refractivity (Wildman–Crippen MR) is 116 cm³/mol. The van der Waals surface area contributed by atoms with Crippen LogP contribution in [0.4, 0.5) is 22.7 Å². The molecule has 0 aliphatic heterocycles. The lowest BCUT2D eigenvalue weighted by Crippen LogP contribution is -2.21. The first kappa shape index (κ1) is 23.2. The number of carbonyl (C=O) groups excluding carboxylic acids is 2. The fourth-order valence-electron chi connectivity index (χ4n) is 2.89. The first-order chi connectivity index (χ1) is 16.3. The highest BCUT2D eigenvalue weighted by Gasteiger charge is 2.19. The van der Waals surface area contributed by atoms with Crippen LogP contribution in [0.25, 0.3) is 10.2 Å². The number of thiazole rings is 1. The summed E-state index contributed by atoms with van der Waals surface area (Å²) in [5.41, 5.74) is 0.310. The molecule has 1 N–H and O–H groups in total. The van der Waals surface area contributed by atoms with E-state index in [0.717, 1.165) is 17.4 Å². The summed E-state index contributed by atoms with van der Waals surface area (Å²) in [6.07, 6.45) is 0. The van der Waals surface area contributed by atoms with Crippen LogP contribution in [0.5, 0.6) is 5.75 Å². The lowest BCUT2D eigenvalue weighted by molar-refractivity contribution is -0.119. The Labute approximate surface area is 193 Å². The van der Waals surface area contributed by atoms with Crippen molar-refractivity contribution in [2.24, 2.45) is 0 Å². The SMILES string of the molecule is O=C(COC(=O)c1ccccc1OCc1ccc(F)cc1)Nc1nc2c(F)c(F)c(F)cc2s1. The molecule has 6 nitrogen and oxygen atoms in total. The highest BCUT2D eigenvalue weighted by molar-refractivity contribution is 7.22. The van der Waals surface area contributed by atoms with Crippen LogP contribution in [0, 0.1) is 23.3 Å². The number of nitrogens with one attached hydrogen (secondary N) is 1. The van der Waals surface area contributed by atoms with Gasteiger partial charge in [0.1, 0.15) is 29.3 Å². The summed E-state index contributed by atoms with van der Waals surface area (Å²) >= 11 is 0.727. The minimum atomic E-state index is -1.66. The van der Waals surface area contributed by atoms with Gasteiger partial charge in [-0.05, 0) is 35.9 Å². The fraction of sp³-hybridized carbons (Fsp3) is 0.0870. The van der Waals surface area contributed by atoms with Crippen molar-refractivity contribution in [2.45, 2.75) is 6.61 Å². The molecule has 4 rings (SSSR count). The van der Waals surface area contributed by atoms with Gasteiger partial charge in [-0.15, -0.1) is 0 Å². The van der Waals surface area contributed by atoms with Gasteiger partial charge in [0.25, 0.3) is 5.91 Å². The summed E-state index contributed by atoms with van der Waals surface area (Å²) in [6.45, 7) is -0.632. The van der Waals surface area contributed by atoms with Crippen LogP contribution in [0.1, 0.15) is 15.9 Å². The Morgan fingerprint density at radius 3 is 2.47 bits per heavy atom. The second-order valence-electron chi connectivity index (χ2n) is 6.89. The second kappa shape index (κ2) is 9.87. The largest absolute Gasteiger partial charge is 0.488 e. The topological polar surface area (TPSA) is 77.5 Å². The number of nitrogens with zero attached hydrogens (tertiary/aromatic N) is 1. The van der Waals surface area contributed by atoms with Crippen LogP contribution >= 0.6 is 11.3 Å². The molecule has 0 aliphatic carbocycles. The molecule has 0 radical (unpaired) electrons. The van der Waals surface area contributed by atoms with Crippen LogP contribution in [0.3, 0.4) is 0 Å². The van der Waals surface area contributed by atoms with E-state index < -0.39 is 41.5 Å². The molecule has 0 aliphatic rings. The van der Waals surface area contributed by atoms with Gasteiger partial charge in [-0.1, -0.05) is 35.6 Å². The molecule has 0 saturated carbocycles. The third-order valence-corrected chi connectivity index (χ3v) is 5.43. The number of rotatable bonds is 7. The molecule has 0 fully saturated rings. The van der Waals surface area contributed by atoms with Crippen molar-refractivity contribution in [1.82, 2.24) is 4.98 Å². The van der Waals surface area contributed by atoms with Crippen LogP contribution in [-0.2, 0) is 16.1 Å². The standard InChI is InChI=1S/C23H14F4N2O4S/c24-13-7-5-12(6-8-13)10-32-16-4-2-1-3-14(16)22(31)33-11-18(30)28-23-29-21-17(34-23)9-15(25)19(26)20(21)27/h1-9H,10-11H2,(H,28,29,30). The van der Waals surface area contributed by atoms with E-state index in [0.29, 0.717) is 5.56 Å². The van der Waals surface area contributed by atoms with Gasteiger partial charge in [-0.2, -0.15) is 0 Å². The van der Waals surface area contributed by atoms with Crippen LogP contribution in [0.2, 0.25) is 0 Å². The zero-order chi connectivity index (χ0) is 24.2. The predicted octanol–water partition coefficient (Wildman–Crippen LogP) is 5.23. The molecule has 0 atom stereocenters. The summed E-state index contributed by atoms with van der Waals surface area (Å²) < 4.78 is 64.1. The van der Waals surface area contributed by atoms with Crippen molar-refractivity contribution in [3.05, 3.63) is 89.0 Å². The molecular formula is C23H14F4N2O4S. The number of para-hydroxylation sites is 1. The lowest BCUT2D eigenvalue weighted by atomic mass is 10.2. The zero-order valence-corrected chi connectivity index (χ0v) is 17.9. The average molecular weight is 490 g/mol. The number of fused-ring (bicyclic) bond motifs is 1.